The van der Waals surface area contributed by atoms with E-state index in [1.807, 2.05) is 63.4 Å². The molecule has 1 atom stereocenters. The average Bonchev–Trinajstić information content (AvgIpc) is 3.11. The van der Waals surface area contributed by atoms with Crippen molar-refractivity contribution in [3.63, 3.8) is 0 Å². The molecule has 2 heterocycles. The summed E-state index contributed by atoms with van der Waals surface area (Å²) in [5.74, 6) is 0.223. The van der Waals surface area contributed by atoms with Crippen LogP contribution in [-0.4, -0.2) is 50.9 Å². The maximum Gasteiger partial charge on any atom is 0.0817 e. The standard InChI is InChI=1S/C26H32Cl2N4O/c1-18(2)26(33)17-30(3)16-24-23-15-31(14-19-5-4-6-21(28)13-19)12-11-25(23)32(29-24)22-9-7-20(27)8-10-22/h4-10,13,18,26,33H,11-12,14-17H2,1-3H3. The summed E-state index contributed by atoms with van der Waals surface area (Å²) in [5, 5.41) is 16.9. The lowest BCUT2D eigenvalue weighted by atomic mass is 10.0. The molecule has 5 nitrogen and oxygen atoms in total. The van der Waals surface area contributed by atoms with Gasteiger partial charge in [-0.25, -0.2) is 4.68 Å². The van der Waals surface area contributed by atoms with Crippen LogP contribution >= 0.6 is 23.2 Å². The zero-order valence-corrected chi connectivity index (χ0v) is 21.0. The predicted octanol–water partition coefficient (Wildman–Crippen LogP) is 5.19. The normalized spacial score (nSPS) is 15.3. The number of halogens is 2. The number of nitrogens with zero attached hydrogens (tertiary/aromatic N) is 4. The first-order valence-electron chi connectivity index (χ1n) is 11.5. The lowest BCUT2D eigenvalue weighted by Gasteiger charge is -2.28. The van der Waals surface area contributed by atoms with Gasteiger partial charge < -0.3 is 5.11 Å². The SMILES string of the molecule is CC(C)C(O)CN(C)Cc1nn(-c2ccc(Cl)cc2)c2c1CN(Cc1cccc(Cl)c1)CC2. The van der Waals surface area contributed by atoms with Crippen molar-refractivity contribution in [2.75, 3.05) is 20.1 Å². The van der Waals surface area contributed by atoms with Gasteiger partial charge in [0, 0.05) is 54.8 Å². The Hall–Kier alpha value is -1.89. The van der Waals surface area contributed by atoms with Gasteiger partial charge in [0.15, 0.2) is 0 Å². The quantitative estimate of drug-likeness (QED) is 0.475. The van der Waals surface area contributed by atoms with Gasteiger partial charge in [0.05, 0.1) is 23.2 Å². The number of hydrogen-bond donors (Lipinski definition) is 1. The van der Waals surface area contributed by atoms with Crippen LogP contribution in [0.1, 0.15) is 36.4 Å². The molecule has 3 aromatic rings. The third-order valence-corrected chi connectivity index (χ3v) is 6.76. The molecule has 0 amide bonds. The fraction of sp³-hybridized carbons (Fsp3) is 0.423. The molecule has 0 radical (unpaired) electrons. The first-order valence-corrected chi connectivity index (χ1v) is 12.2. The van der Waals surface area contributed by atoms with Gasteiger partial charge in [-0.2, -0.15) is 5.10 Å². The lowest BCUT2D eigenvalue weighted by Crippen LogP contribution is -2.33. The Bertz CT molecular complexity index is 1080. The van der Waals surface area contributed by atoms with E-state index in [2.05, 4.69) is 20.5 Å². The van der Waals surface area contributed by atoms with Crippen LogP contribution in [0.25, 0.3) is 5.69 Å². The molecule has 1 N–H and O–H groups in total. The molecule has 0 saturated carbocycles. The van der Waals surface area contributed by atoms with Crippen molar-refractivity contribution in [1.29, 1.82) is 0 Å². The molecule has 0 bridgehead atoms. The van der Waals surface area contributed by atoms with E-state index in [9.17, 15) is 5.11 Å². The second-order valence-corrected chi connectivity index (χ2v) is 10.2. The zero-order valence-electron chi connectivity index (χ0n) is 19.5. The maximum atomic E-state index is 10.4. The van der Waals surface area contributed by atoms with E-state index in [0.29, 0.717) is 13.1 Å². The van der Waals surface area contributed by atoms with E-state index < -0.39 is 0 Å². The van der Waals surface area contributed by atoms with Crippen molar-refractivity contribution >= 4 is 23.2 Å². The molecule has 176 valence electrons. The fourth-order valence-corrected chi connectivity index (χ4v) is 4.68. The molecule has 1 aliphatic rings. The topological polar surface area (TPSA) is 44.5 Å². The summed E-state index contributed by atoms with van der Waals surface area (Å²) in [6.07, 6.45) is 0.563. The van der Waals surface area contributed by atoms with Crippen LogP contribution in [0, 0.1) is 5.92 Å². The smallest absolute Gasteiger partial charge is 0.0817 e. The van der Waals surface area contributed by atoms with Crippen LogP contribution in [0.2, 0.25) is 10.0 Å². The van der Waals surface area contributed by atoms with Gasteiger partial charge in [0.1, 0.15) is 0 Å². The average molecular weight is 487 g/mol. The van der Waals surface area contributed by atoms with Crippen LogP contribution in [0.4, 0.5) is 0 Å². The molecule has 2 aromatic carbocycles. The molecule has 0 saturated heterocycles. The number of aliphatic hydroxyl groups excluding tert-OH is 1. The molecule has 4 rings (SSSR count). The van der Waals surface area contributed by atoms with Gasteiger partial charge in [-0.1, -0.05) is 49.2 Å². The summed E-state index contributed by atoms with van der Waals surface area (Å²) >= 11 is 12.3. The number of rotatable bonds is 8. The number of likely N-dealkylation sites (N-methyl/N-ethyl adjacent to an activating group) is 1. The summed E-state index contributed by atoms with van der Waals surface area (Å²) in [5.41, 5.74) is 5.84. The molecule has 0 aliphatic carbocycles. The Kier molecular flexibility index (Phi) is 7.77. The van der Waals surface area contributed by atoms with Gasteiger partial charge >= 0.3 is 0 Å². The molecule has 1 unspecified atom stereocenters. The van der Waals surface area contributed by atoms with Crippen molar-refractivity contribution in [2.45, 2.75) is 46.0 Å². The van der Waals surface area contributed by atoms with Gasteiger partial charge in [-0.15, -0.1) is 0 Å². The summed E-state index contributed by atoms with van der Waals surface area (Å²) in [6, 6.07) is 15.9. The van der Waals surface area contributed by atoms with E-state index in [1.54, 1.807) is 0 Å². The second kappa shape index (κ2) is 10.6. The number of aromatic nitrogens is 2. The summed E-state index contributed by atoms with van der Waals surface area (Å²) in [4.78, 5) is 4.61. The lowest BCUT2D eigenvalue weighted by molar-refractivity contribution is 0.0831. The van der Waals surface area contributed by atoms with Crippen molar-refractivity contribution in [3.05, 3.63) is 81.1 Å². The highest BCUT2D eigenvalue weighted by molar-refractivity contribution is 6.30. The van der Waals surface area contributed by atoms with E-state index in [4.69, 9.17) is 28.3 Å². The van der Waals surface area contributed by atoms with E-state index in [-0.39, 0.29) is 12.0 Å². The van der Waals surface area contributed by atoms with Crippen molar-refractivity contribution in [1.82, 2.24) is 19.6 Å². The van der Waals surface area contributed by atoms with Crippen molar-refractivity contribution in [2.24, 2.45) is 5.92 Å². The highest BCUT2D eigenvalue weighted by Crippen LogP contribution is 2.28. The van der Waals surface area contributed by atoms with E-state index in [1.165, 1.54) is 16.8 Å². The fourth-order valence-electron chi connectivity index (χ4n) is 4.34. The van der Waals surface area contributed by atoms with Crippen LogP contribution in [-0.2, 0) is 26.1 Å². The van der Waals surface area contributed by atoms with Gasteiger partial charge in [0.2, 0.25) is 0 Å². The summed E-state index contributed by atoms with van der Waals surface area (Å²) in [7, 11) is 2.05. The molecule has 33 heavy (non-hydrogen) atoms. The third kappa shape index (κ3) is 5.97. The van der Waals surface area contributed by atoms with Crippen LogP contribution in [0.5, 0.6) is 0 Å². The molecule has 0 spiro atoms. The Morgan fingerprint density at radius 1 is 1.09 bits per heavy atom. The number of aliphatic hydroxyl groups is 1. The summed E-state index contributed by atoms with van der Waals surface area (Å²) < 4.78 is 2.07. The molecular weight excluding hydrogens is 455 g/mol. The first-order chi connectivity index (χ1) is 15.8. The van der Waals surface area contributed by atoms with Crippen LogP contribution in [0.15, 0.2) is 48.5 Å². The second-order valence-electron chi connectivity index (χ2n) is 9.36. The van der Waals surface area contributed by atoms with E-state index >= 15 is 0 Å². The summed E-state index contributed by atoms with van der Waals surface area (Å²) in [6.45, 7) is 8.05. The molecule has 1 aliphatic heterocycles. The third-order valence-electron chi connectivity index (χ3n) is 6.27. The van der Waals surface area contributed by atoms with Crippen LogP contribution < -0.4 is 0 Å². The molecule has 1 aromatic heterocycles. The van der Waals surface area contributed by atoms with Gasteiger partial charge in [0.25, 0.3) is 0 Å². The van der Waals surface area contributed by atoms with Crippen molar-refractivity contribution < 1.29 is 5.11 Å². The number of fused-ring (bicyclic) bond motifs is 1. The highest BCUT2D eigenvalue weighted by atomic mass is 35.5. The van der Waals surface area contributed by atoms with Crippen molar-refractivity contribution in [3.8, 4) is 5.69 Å². The highest BCUT2D eigenvalue weighted by Gasteiger charge is 2.26. The number of benzene rings is 2. The Morgan fingerprint density at radius 3 is 2.55 bits per heavy atom. The monoisotopic (exact) mass is 486 g/mol. The largest absolute Gasteiger partial charge is 0.392 e. The Labute approximate surface area is 206 Å². The maximum absolute atomic E-state index is 10.4. The predicted molar refractivity (Wildman–Crippen MR) is 135 cm³/mol. The Morgan fingerprint density at radius 2 is 1.85 bits per heavy atom. The first kappa shape index (κ1) is 24.2. The van der Waals surface area contributed by atoms with E-state index in [0.717, 1.165) is 47.5 Å². The van der Waals surface area contributed by atoms with Gasteiger partial charge in [-0.05, 0) is 54.9 Å². The Balaban J connectivity index is 1.61. The minimum absolute atomic E-state index is 0.223. The zero-order chi connectivity index (χ0) is 23.5. The minimum Gasteiger partial charge on any atom is -0.392 e. The van der Waals surface area contributed by atoms with Gasteiger partial charge in [-0.3, -0.25) is 9.80 Å². The molecule has 0 fully saturated rings. The van der Waals surface area contributed by atoms with Crippen LogP contribution in [0.3, 0.4) is 0 Å². The molecule has 7 heteroatoms. The molecular formula is C26H32Cl2N4O. The minimum atomic E-state index is -0.358. The number of hydrogen-bond acceptors (Lipinski definition) is 4.